The van der Waals surface area contributed by atoms with Gasteiger partial charge in [0.1, 0.15) is 0 Å². The Bertz CT molecular complexity index is 677. The summed E-state index contributed by atoms with van der Waals surface area (Å²) < 4.78 is 38.3. The molecule has 2 rings (SSSR count). The van der Waals surface area contributed by atoms with E-state index in [0.29, 0.717) is 5.75 Å². The van der Waals surface area contributed by atoms with Crippen LogP contribution in [-0.4, -0.2) is 11.7 Å². The maximum atomic E-state index is 12.8. The summed E-state index contributed by atoms with van der Waals surface area (Å²) in [5.74, 6) is 0.194. The second kappa shape index (κ2) is 7.75. The molecule has 7 heteroatoms. The molecule has 0 saturated heterocycles. The first-order valence-electron chi connectivity index (χ1n) is 6.71. The third-order valence-electron chi connectivity index (χ3n) is 2.90. The smallest absolute Gasteiger partial charge is 0.326 e. The summed E-state index contributed by atoms with van der Waals surface area (Å²) in [7, 11) is 0. The molecule has 0 spiro atoms. The molecule has 0 fully saturated rings. The topological polar surface area (TPSA) is 29.1 Å². The number of hydrogen-bond donors (Lipinski definition) is 1. The van der Waals surface area contributed by atoms with Gasteiger partial charge in [-0.25, -0.2) is 0 Å². The number of nitrogens with one attached hydrogen (secondary N) is 1. The standard InChI is InChI=1S/C16H13ClF3NOS/c17-14-7-6-11(10-13(14)16(18,19)20)21-15(22)8-9-23-12-4-2-1-3-5-12/h1-7,10H,8-9H2,(H,21,22). The van der Waals surface area contributed by atoms with Crippen molar-refractivity contribution in [2.45, 2.75) is 17.5 Å². The van der Waals surface area contributed by atoms with Gasteiger partial charge in [-0.2, -0.15) is 13.2 Å². The van der Waals surface area contributed by atoms with Gasteiger partial charge in [-0.05, 0) is 30.3 Å². The number of alkyl halides is 3. The Kier molecular flexibility index (Phi) is 5.96. The number of carbonyl (C=O) groups excluding carboxylic acids is 1. The first-order chi connectivity index (χ1) is 10.9. The number of halogens is 4. The fourth-order valence-electron chi connectivity index (χ4n) is 1.82. The molecule has 0 saturated carbocycles. The van der Waals surface area contributed by atoms with Crippen LogP contribution in [0.5, 0.6) is 0 Å². The second-order valence-corrected chi connectivity index (χ2v) is 6.23. The zero-order valence-corrected chi connectivity index (χ0v) is 13.4. The summed E-state index contributed by atoms with van der Waals surface area (Å²) in [6, 6.07) is 12.9. The largest absolute Gasteiger partial charge is 0.417 e. The first kappa shape index (κ1) is 17.7. The predicted molar refractivity (Wildman–Crippen MR) is 86.9 cm³/mol. The number of benzene rings is 2. The van der Waals surface area contributed by atoms with E-state index < -0.39 is 16.8 Å². The summed E-state index contributed by atoms with van der Waals surface area (Å²) in [5.41, 5.74) is -0.882. The van der Waals surface area contributed by atoms with Gasteiger partial charge in [0.2, 0.25) is 5.91 Å². The summed E-state index contributed by atoms with van der Waals surface area (Å²) in [4.78, 5) is 12.8. The Morgan fingerprint density at radius 3 is 2.48 bits per heavy atom. The molecule has 0 aliphatic rings. The van der Waals surface area contributed by atoms with Crippen molar-refractivity contribution in [2.75, 3.05) is 11.1 Å². The van der Waals surface area contributed by atoms with Crippen molar-refractivity contribution < 1.29 is 18.0 Å². The van der Waals surface area contributed by atoms with Crippen LogP contribution in [0.1, 0.15) is 12.0 Å². The van der Waals surface area contributed by atoms with Crippen molar-refractivity contribution >= 4 is 35.0 Å². The normalized spacial score (nSPS) is 11.3. The molecule has 23 heavy (non-hydrogen) atoms. The summed E-state index contributed by atoms with van der Waals surface area (Å²) in [6.45, 7) is 0. The van der Waals surface area contributed by atoms with Crippen molar-refractivity contribution in [3.63, 3.8) is 0 Å². The Labute approximate surface area is 141 Å². The third kappa shape index (κ3) is 5.48. The van der Waals surface area contributed by atoms with Crippen molar-refractivity contribution in [1.82, 2.24) is 0 Å². The van der Waals surface area contributed by atoms with E-state index in [-0.39, 0.29) is 18.0 Å². The monoisotopic (exact) mass is 359 g/mol. The van der Waals surface area contributed by atoms with Crippen LogP contribution in [0.2, 0.25) is 5.02 Å². The number of amides is 1. The second-order valence-electron chi connectivity index (χ2n) is 4.65. The highest BCUT2D eigenvalue weighted by molar-refractivity contribution is 7.99. The highest BCUT2D eigenvalue weighted by Gasteiger charge is 2.33. The van der Waals surface area contributed by atoms with Crippen LogP contribution in [0.4, 0.5) is 18.9 Å². The SMILES string of the molecule is O=C(CCSc1ccccc1)Nc1ccc(Cl)c(C(F)(F)F)c1. The summed E-state index contributed by atoms with van der Waals surface area (Å²) >= 11 is 7.04. The van der Waals surface area contributed by atoms with E-state index >= 15 is 0 Å². The molecule has 2 aromatic rings. The van der Waals surface area contributed by atoms with Crippen molar-refractivity contribution in [1.29, 1.82) is 0 Å². The van der Waals surface area contributed by atoms with Gasteiger partial charge in [0.05, 0.1) is 10.6 Å². The minimum atomic E-state index is -4.55. The van der Waals surface area contributed by atoms with E-state index in [4.69, 9.17) is 11.6 Å². The lowest BCUT2D eigenvalue weighted by atomic mass is 10.2. The third-order valence-corrected chi connectivity index (χ3v) is 4.24. The number of thioether (sulfide) groups is 1. The van der Waals surface area contributed by atoms with Gasteiger partial charge in [-0.1, -0.05) is 29.8 Å². The van der Waals surface area contributed by atoms with Crippen LogP contribution in [0.3, 0.4) is 0 Å². The fourth-order valence-corrected chi connectivity index (χ4v) is 2.92. The quantitative estimate of drug-likeness (QED) is 0.716. The number of hydrogen-bond acceptors (Lipinski definition) is 2. The molecule has 1 amide bonds. The van der Waals surface area contributed by atoms with Crippen LogP contribution >= 0.6 is 23.4 Å². The predicted octanol–water partition coefficient (Wildman–Crippen LogP) is 5.48. The molecule has 0 bridgehead atoms. The molecule has 0 atom stereocenters. The van der Waals surface area contributed by atoms with E-state index in [1.54, 1.807) is 0 Å². The van der Waals surface area contributed by atoms with Gasteiger partial charge in [0, 0.05) is 22.8 Å². The fraction of sp³-hybridized carbons (Fsp3) is 0.188. The van der Waals surface area contributed by atoms with Gasteiger partial charge in [0.15, 0.2) is 0 Å². The van der Waals surface area contributed by atoms with Crippen molar-refractivity contribution in [2.24, 2.45) is 0 Å². The molecular weight excluding hydrogens is 347 g/mol. The number of carbonyl (C=O) groups is 1. The Morgan fingerprint density at radius 1 is 1.13 bits per heavy atom. The lowest BCUT2D eigenvalue weighted by molar-refractivity contribution is -0.137. The van der Waals surface area contributed by atoms with E-state index in [1.807, 2.05) is 30.3 Å². The van der Waals surface area contributed by atoms with Crippen LogP contribution in [-0.2, 0) is 11.0 Å². The van der Waals surface area contributed by atoms with Crippen LogP contribution in [0.15, 0.2) is 53.4 Å². The Hall–Kier alpha value is -1.66. The summed E-state index contributed by atoms with van der Waals surface area (Å²) in [6.07, 6.45) is -4.36. The molecule has 0 aliphatic carbocycles. The minimum Gasteiger partial charge on any atom is -0.326 e. The van der Waals surface area contributed by atoms with E-state index in [1.165, 1.54) is 17.8 Å². The lowest BCUT2D eigenvalue weighted by Crippen LogP contribution is -2.13. The zero-order valence-electron chi connectivity index (χ0n) is 11.9. The molecule has 0 aromatic heterocycles. The van der Waals surface area contributed by atoms with E-state index in [0.717, 1.165) is 17.0 Å². The Balaban J connectivity index is 1.90. The van der Waals surface area contributed by atoms with Crippen LogP contribution in [0.25, 0.3) is 0 Å². The van der Waals surface area contributed by atoms with Crippen LogP contribution in [0, 0.1) is 0 Å². The highest BCUT2D eigenvalue weighted by Crippen LogP contribution is 2.36. The molecule has 0 unspecified atom stereocenters. The molecule has 0 heterocycles. The van der Waals surface area contributed by atoms with E-state index in [2.05, 4.69) is 5.32 Å². The maximum Gasteiger partial charge on any atom is 0.417 e. The van der Waals surface area contributed by atoms with E-state index in [9.17, 15) is 18.0 Å². The minimum absolute atomic E-state index is 0.0800. The molecule has 0 radical (unpaired) electrons. The molecule has 122 valence electrons. The molecule has 1 N–H and O–H groups in total. The van der Waals surface area contributed by atoms with Gasteiger partial charge < -0.3 is 5.32 Å². The highest BCUT2D eigenvalue weighted by atomic mass is 35.5. The number of rotatable bonds is 5. The van der Waals surface area contributed by atoms with Gasteiger partial charge >= 0.3 is 6.18 Å². The van der Waals surface area contributed by atoms with Crippen molar-refractivity contribution in [3.8, 4) is 0 Å². The Morgan fingerprint density at radius 2 is 1.83 bits per heavy atom. The molecule has 2 nitrogen and oxygen atoms in total. The van der Waals surface area contributed by atoms with Gasteiger partial charge in [-0.3, -0.25) is 4.79 Å². The molecule has 2 aromatic carbocycles. The van der Waals surface area contributed by atoms with Gasteiger partial charge in [0.25, 0.3) is 0 Å². The molecular formula is C16H13ClF3NOS. The average Bonchev–Trinajstić information content (AvgIpc) is 2.49. The van der Waals surface area contributed by atoms with Crippen molar-refractivity contribution in [3.05, 3.63) is 59.1 Å². The maximum absolute atomic E-state index is 12.8. The first-order valence-corrected chi connectivity index (χ1v) is 8.07. The van der Waals surface area contributed by atoms with Gasteiger partial charge in [-0.15, -0.1) is 11.8 Å². The number of anilines is 1. The van der Waals surface area contributed by atoms with Crippen LogP contribution < -0.4 is 5.32 Å². The summed E-state index contributed by atoms with van der Waals surface area (Å²) in [5, 5.41) is 2.06. The zero-order chi connectivity index (χ0) is 16.9. The molecule has 0 aliphatic heterocycles. The lowest BCUT2D eigenvalue weighted by Gasteiger charge is -2.11. The average molecular weight is 360 g/mol.